The van der Waals surface area contributed by atoms with Crippen molar-refractivity contribution in [3.63, 3.8) is 0 Å². The van der Waals surface area contributed by atoms with E-state index in [2.05, 4.69) is 4.98 Å². The van der Waals surface area contributed by atoms with Gasteiger partial charge in [-0.3, -0.25) is 4.98 Å². The topological polar surface area (TPSA) is 38.9 Å². The van der Waals surface area contributed by atoms with Gasteiger partial charge in [-0.15, -0.1) is 36.2 Å². The van der Waals surface area contributed by atoms with Crippen LogP contribution in [0.3, 0.4) is 0 Å². The molecule has 0 amide bonds. The van der Waals surface area contributed by atoms with Gasteiger partial charge in [-0.1, -0.05) is 6.07 Å². The van der Waals surface area contributed by atoms with Crippen molar-refractivity contribution in [1.29, 1.82) is 0 Å². The molecule has 2 N–H and O–H groups in total. The van der Waals surface area contributed by atoms with Crippen molar-refractivity contribution in [3.05, 3.63) is 35.8 Å². The number of thiophene rings is 1. The van der Waals surface area contributed by atoms with Gasteiger partial charge in [0.1, 0.15) is 0 Å². The SMILES string of the molecule is Cl.Cl.Nc1cc(-c2ccccn2)cs1. The summed E-state index contributed by atoms with van der Waals surface area (Å²) in [6.07, 6.45) is 1.78. The highest BCUT2D eigenvalue weighted by Gasteiger charge is 1.99. The molecule has 14 heavy (non-hydrogen) atoms. The van der Waals surface area contributed by atoms with Crippen LogP contribution in [0.2, 0.25) is 0 Å². The van der Waals surface area contributed by atoms with Crippen molar-refractivity contribution in [2.75, 3.05) is 5.73 Å². The van der Waals surface area contributed by atoms with Crippen LogP contribution in [-0.2, 0) is 0 Å². The van der Waals surface area contributed by atoms with Crippen molar-refractivity contribution < 1.29 is 0 Å². The van der Waals surface area contributed by atoms with E-state index in [0.717, 1.165) is 16.3 Å². The van der Waals surface area contributed by atoms with Gasteiger partial charge in [-0.2, -0.15) is 0 Å². The molecule has 2 aromatic rings. The molecule has 0 aromatic carbocycles. The van der Waals surface area contributed by atoms with Crippen LogP contribution in [0.4, 0.5) is 5.00 Å². The summed E-state index contributed by atoms with van der Waals surface area (Å²) in [5.41, 5.74) is 7.68. The van der Waals surface area contributed by atoms with Crippen LogP contribution in [0.15, 0.2) is 35.8 Å². The van der Waals surface area contributed by atoms with Crippen molar-refractivity contribution in [1.82, 2.24) is 4.98 Å². The molecule has 0 fully saturated rings. The highest BCUT2D eigenvalue weighted by atomic mass is 35.5. The molecule has 0 aliphatic heterocycles. The number of nitrogen functional groups attached to an aromatic ring is 1. The summed E-state index contributed by atoms with van der Waals surface area (Å²) >= 11 is 1.54. The molecule has 0 aliphatic carbocycles. The van der Waals surface area contributed by atoms with Crippen LogP contribution in [-0.4, -0.2) is 4.98 Å². The van der Waals surface area contributed by atoms with Gasteiger partial charge in [0.15, 0.2) is 0 Å². The number of hydrogen-bond donors (Lipinski definition) is 1. The van der Waals surface area contributed by atoms with E-state index in [-0.39, 0.29) is 24.8 Å². The second-order valence-electron chi connectivity index (χ2n) is 2.45. The van der Waals surface area contributed by atoms with Gasteiger partial charge in [0, 0.05) is 17.1 Å². The smallest absolute Gasteiger partial charge is 0.0863 e. The molecule has 0 radical (unpaired) electrons. The summed E-state index contributed by atoms with van der Waals surface area (Å²) < 4.78 is 0. The molecular formula is C9H10Cl2N2S. The predicted molar refractivity (Wildman–Crippen MR) is 66.5 cm³/mol. The maximum absolute atomic E-state index is 5.61. The maximum atomic E-state index is 5.61. The number of aromatic nitrogens is 1. The number of nitrogens with zero attached hydrogens (tertiary/aromatic N) is 1. The molecule has 0 atom stereocenters. The Kier molecular flexibility index (Phi) is 5.53. The zero-order valence-corrected chi connectivity index (χ0v) is 9.66. The molecule has 2 aromatic heterocycles. The molecule has 0 saturated heterocycles. The Labute approximate surface area is 99.0 Å². The molecule has 2 rings (SSSR count). The Morgan fingerprint density at radius 2 is 2.00 bits per heavy atom. The molecule has 0 saturated carbocycles. The number of hydrogen-bond acceptors (Lipinski definition) is 3. The van der Waals surface area contributed by atoms with Gasteiger partial charge < -0.3 is 5.73 Å². The first-order chi connectivity index (χ1) is 5.86. The minimum absolute atomic E-state index is 0. The summed E-state index contributed by atoms with van der Waals surface area (Å²) in [6.45, 7) is 0. The lowest BCUT2D eigenvalue weighted by Gasteiger charge is -1.92. The number of pyridine rings is 1. The summed E-state index contributed by atoms with van der Waals surface area (Å²) in [5, 5.41) is 2.84. The average molecular weight is 249 g/mol. The van der Waals surface area contributed by atoms with Crippen LogP contribution < -0.4 is 5.73 Å². The minimum Gasteiger partial charge on any atom is -0.391 e. The first-order valence-electron chi connectivity index (χ1n) is 3.62. The fraction of sp³-hybridized carbons (Fsp3) is 0. The van der Waals surface area contributed by atoms with Gasteiger partial charge >= 0.3 is 0 Å². The fourth-order valence-electron chi connectivity index (χ4n) is 1.02. The van der Waals surface area contributed by atoms with Crippen LogP contribution in [0.5, 0.6) is 0 Å². The Balaban J connectivity index is 0.000000845. The zero-order chi connectivity index (χ0) is 8.39. The number of nitrogens with two attached hydrogens (primary N) is 1. The monoisotopic (exact) mass is 248 g/mol. The van der Waals surface area contributed by atoms with Crippen molar-refractivity contribution in [2.45, 2.75) is 0 Å². The quantitative estimate of drug-likeness (QED) is 0.842. The van der Waals surface area contributed by atoms with Gasteiger partial charge in [0.2, 0.25) is 0 Å². The van der Waals surface area contributed by atoms with Gasteiger partial charge in [-0.05, 0) is 18.2 Å². The highest BCUT2D eigenvalue weighted by Crippen LogP contribution is 2.24. The summed E-state index contributed by atoms with van der Waals surface area (Å²) in [7, 11) is 0. The van der Waals surface area contributed by atoms with Gasteiger partial charge in [0.25, 0.3) is 0 Å². The van der Waals surface area contributed by atoms with E-state index in [4.69, 9.17) is 5.73 Å². The van der Waals surface area contributed by atoms with Gasteiger partial charge in [-0.25, -0.2) is 0 Å². The van der Waals surface area contributed by atoms with E-state index >= 15 is 0 Å². The molecule has 0 bridgehead atoms. The van der Waals surface area contributed by atoms with Crippen molar-refractivity contribution >= 4 is 41.2 Å². The van der Waals surface area contributed by atoms with Crippen LogP contribution >= 0.6 is 36.2 Å². The fourth-order valence-corrected chi connectivity index (χ4v) is 1.67. The second kappa shape index (κ2) is 5.86. The predicted octanol–water partition coefficient (Wildman–Crippen LogP) is 3.24. The molecule has 76 valence electrons. The van der Waals surface area contributed by atoms with Crippen LogP contribution in [0.1, 0.15) is 0 Å². The highest BCUT2D eigenvalue weighted by molar-refractivity contribution is 7.14. The largest absolute Gasteiger partial charge is 0.391 e. The lowest BCUT2D eigenvalue weighted by molar-refractivity contribution is 1.33. The van der Waals surface area contributed by atoms with E-state index < -0.39 is 0 Å². The van der Waals surface area contributed by atoms with E-state index in [1.54, 1.807) is 6.20 Å². The molecule has 5 heteroatoms. The molecule has 2 nitrogen and oxygen atoms in total. The average Bonchev–Trinajstić information content (AvgIpc) is 2.54. The maximum Gasteiger partial charge on any atom is 0.0863 e. The molecule has 0 unspecified atom stereocenters. The third-order valence-corrected chi connectivity index (χ3v) is 2.34. The minimum atomic E-state index is 0. The van der Waals surface area contributed by atoms with E-state index in [1.165, 1.54) is 11.3 Å². The zero-order valence-electron chi connectivity index (χ0n) is 7.21. The lowest BCUT2D eigenvalue weighted by Crippen LogP contribution is -1.78. The van der Waals surface area contributed by atoms with E-state index in [1.807, 2.05) is 29.6 Å². The second-order valence-corrected chi connectivity index (χ2v) is 3.40. The molecular weight excluding hydrogens is 239 g/mol. The first-order valence-corrected chi connectivity index (χ1v) is 4.49. The standard InChI is InChI=1S/C9H8N2S.2ClH/c10-9-5-7(6-12-9)8-3-1-2-4-11-8;;/h1-6H,10H2;2*1H. The Morgan fingerprint density at radius 3 is 2.50 bits per heavy atom. The Hall–Kier alpha value is -0.770. The molecule has 0 spiro atoms. The van der Waals surface area contributed by atoms with Crippen LogP contribution in [0, 0.1) is 0 Å². The summed E-state index contributed by atoms with van der Waals surface area (Å²) in [6, 6.07) is 7.78. The lowest BCUT2D eigenvalue weighted by atomic mass is 10.2. The van der Waals surface area contributed by atoms with Crippen LogP contribution in [0.25, 0.3) is 11.3 Å². The molecule has 2 heterocycles. The van der Waals surface area contributed by atoms with E-state index in [0.29, 0.717) is 0 Å². The van der Waals surface area contributed by atoms with E-state index in [9.17, 15) is 0 Å². The number of anilines is 1. The van der Waals surface area contributed by atoms with Gasteiger partial charge in [0.05, 0.1) is 10.7 Å². The normalized spacial score (nSPS) is 8.57. The number of halogens is 2. The third kappa shape index (κ3) is 2.87. The Morgan fingerprint density at radius 1 is 1.21 bits per heavy atom. The summed E-state index contributed by atoms with van der Waals surface area (Å²) in [4.78, 5) is 4.21. The third-order valence-electron chi connectivity index (χ3n) is 1.58. The first kappa shape index (κ1) is 13.2. The summed E-state index contributed by atoms with van der Waals surface area (Å²) in [5.74, 6) is 0. The number of rotatable bonds is 1. The Bertz CT molecular complexity index is 375. The van der Waals surface area contributed by atoms with Crippen molar-refractivity contribution in [2.24, 2.45) is 0 Å². The van der Waals surface area contributed by atoms with Crippen molar-refractivity contribution in [3.8, 4) is 11.3 Å². The molecule has 0 aliphatic rings.